The summed E-state index contributed by atoms with van der Waals surface area (Å²) in [6.07, 6.45) is 0.629. The predicted octanol–water partition coefficient (Wildman–Crippen LogP) is 1.48. The number of aromatic nitrogens is 1. The third-order valence-corrected chi connectivity index (χ3v) is 3.17. The van der Waals surface area contributed by atoms with Crippen molar-refractivity contribution in [2.75, 3.05) is 6.54 Å². The summed E-state index contributed by atoms with van der Waals surface area (Å²) in [6.45, 7) is 5.72. The summed E-state index contributed by atoms with van der Waals surface area (Å²) in [6, 6.07) is -1.40. The van der Waals surface area contributed by atoms with E-state index in [4.69, 9.17) is 5.11 Å². The molecule has 19 heavy (non-hydrogen) atoms. The molecule has 6 nitrogen and oxygen atoms in total. The van der Waals surface area contributed by atoms with Gasteiger partial charge in [-0.1, -0.05) is 20.8 Å². The first-order valence-corrected chi connectivity index (χ1v) is 6.89. The summed E-state index contributed by atoms with van der Waals surface area (Å²) >= 11 is 1.50. The van der Waals surface area contributed by atoms with Crippen molar-refractivity contribution in [3.05, 3.63) is 16.6 Å². The summed E-state index contributed by atoms with van der Waals surface area (Å²) in [4.78, 5) is 26.8. The summed E-state index contributed by atoms with van der Waals surface area (Å²) in [5.74, 6) is -1.04. The van der Waals surface area contributed by atoms with Crippen LogP contribution in [0.4, 0.5) is 4.79 Å². The Hall–Kier alpha value is -1.63. The largest absolute Gasteiger partial charge is 0.480 e. The van der Waals surface area contributed by atoms with Crippen LogP contribution in [0.25, 0.3) is 0 Å². The number of aliphatic carboxylic acids is 1. The number of hydrogen-bond donors (Lipinski definition) is 3. The Bertz CT molecular complexity index is 426. The SMILES string of the molecule is CC(C)(C)[C@@H](NC(=O)NCCc1cscn1)C(=O)O. The lowest BCUT2D eigenvalue weighted by Crippen LogP contribution is -2.52. The molecular formula is C12H19N3O3S. The van der Waals surface area contributed by atoms with E-state index in [9.17, 15) is 9.59 Å². The van der Waals surface area contributed by atoms with Gasteiger partial charge in [0.05, 0.1) is 11.2 Å². The highest BCUT2D eigenvalue weighted by Gasteiger charge is 2.32. The molecule has 1 rings (SSSR count). The normalized spacial score (nSPS) is 12.8. The highest BCUT2D eigenvalue weighted by molar-refractivity contribution is 7.07. The molecule has 106 valence electrons. The first-order valence-electron chi connectivity index (χ1n) is 5.95. The fraction of sp³-hybridized carbons (Fsp3) is 0.583. The Labute approximate surface area is 116 Å². The van der Waals surface area contributed by atoms with E-state index in [2.05, 4.69) is 15.6 Å². The zero-order valence-electron chi connectivity index (χ0n) is 11.3. The molecule has 0 aliphatic rings. The molecule has 0 radical (unpaired) electrons. The molecule has 0 aliphatic carbocycles. The molecule has 0 bridgehead atoms. The molecule has 1 heterocycles. The van der Waals surface area contributed by atoms with Crippen molar-refractivity contribution in [1.29, 1.82) is 0 Å². The van der Waals surface area contributed by atoms with Crippen LogP contribution in [0.5, 0.6) is 0 Å². The van der Waals surface area contributed by atoms with Crippen LogP contribution in [0.3, 0.4) is 0 Å². The van der Waals surface area contributed by atoms with E-state index in [1.54, 1.807) is 26.3 Å². The summed E-state index contributed by atoms with van der Waals surface area (Å²) < 4.78 is 0. The van der Waals surface area contributed by atoms with Gasteiger partial charge in [0.15, 0.2) is 0 Å². The average molecular weight is 285 g/mol. The molecule has 0 aliphatic heterocycles. The quantitative estimate of drug-likeness (QED) is 0.764. The number of carbonyl (C=O) groups is 2. The van der Waals surface area contributed by atoms with Crippen molar-refractivity contribution in [2.45, 2.75) is 33.2 Å². The maximum absolute atomic E-state index is 11.6. The smallest absolute Gasteiger partial charge is 0.326 e. The van der Waals surface area contributed by atoms with E-state index in [1.807, 2.05) is 5.38 Å². The molecule has 0 aromatic carbocycles. The van der Waals surface area contributed by atoms with Gasteiger partial charge < -0.3 is 15.7 Å². The highest BCUT2D eigenvalue weighted by atomic mass is 32.1. The number of nitrogens with one attached hydrogen (secondary N) is 2. The van der Waals surface area contributed by atoms with Crippen LogP contribution >= 0.6 is 11.3 Å². The Kier molecular flexibility index (Phi) is 5.29. The summed E-state index contributed by atoms with van der Waals surface area (Å²) in [7, 11) is 0. The van der Waals surface area contributed by atoms with Crippen molar-refractivity contribution in [2.24, 2.45) is 5.41 Å². The van der Waals surface area contributed by atoms with Gasteiger partial charge in [-0.25, -0.2) is 14.6 Å². The molecule has 1 aromatic rings. The number of nitrogens with zero attached hydrogens (tertiary/aromatic N) is 1. The predicted molar refractivity (Wildman–Crippen MR) is 73.2 cm³/mol. The Morgan fingerprint density at radius 2 is 2.16 bits per heavy atom. The van der Waals surface area contributed by atoms with Gasteiger partial charge in [-0.05, 0) is 5.41 Å². The molecule has 1 aromatic heterocycles. The number of carbonyl (C=O) groups excluding carboxylic acids is 1. The van der Waals surface area contributed by atoms with Crippen molar-refractivity contribution in [3.63, 3.8) is 0 Å². The van der Waals surface area contributed by atoms with E-state index in [0.717, 1.165) is 5.69 Å². The zero-order chi connectivity index (χ0) is 14.5. The Morgan fingerprint density at radius 1 is 1.47 bits per heavy atom. The number of carboxylic acids is 1. The van der Waals surface area contributed by atoms with Crippen molar-refractivity contribution >= 4 is 23.3 Å². The third-order valence-electron chi connectivity index (χ3n) is 2.54. The number of amides is 2. The maximum Gasteiger partial charge on any atom is 0.326 e. The lowest BCUT2D eigenvalue weighted by atomic mass is 9.87. The minimum Gasteiger partial charge on any atom is -0.480 e. The number of urea groups is 1. The number of thiazole rings is 1. The second kappa shape index (κ2) is 6.51. The molecule has 7 heteroatoms. The van der Waals surface area contributed by atoms with Gasteiger partial charge in [0.2, 0.25) is 0 Å². The molecular weight excluding hydrogens is 266 g/mol. The van der Waals surface area contributed by atoms with Gasteiger partial charge in [0.25, 0.3) is 0 Å². The monoisotopic (exact) mass is 285 g/mol. The van der Waals surface area contributed by atoms with Crippen molar-refractivity contribution in [1.82, 2.24) is 15.6 Å². The number of carboxylic acid groups (broad SMARTS) is 1. The summed E-state index contributed by atoms with van der Waals surface area (Å²) in [5.41, 5.74) is 2.10. The lowest BCUT2D eigenvalue weighted by molar-refractivity contribution is -0.141. The van der Waals surface area contributed by atoms with Gasteiger partial charge in [-0.2, -0.15) is 0 Å². The second-order valence-corrected chi connectivity index (χ2v) is 5.99. The molecule has 2 amide bonds. The molecule has 3 N–H and O–H groups in total. The standard InChI is InChI=1S/C12H19N3O3S/c1-12(2,3)9(10(16)17)15-11(18)13-5-4-8-6-19-7-14-8/h6-7,9H,4-5H2,1-3H3,(H,16,17)(H2,13,15,18)/t9-/m0/s1. The Morgan fingerprint density at radius 3 is 2.63 bits per heavy atom. The van der Waals surface area contributed by atoms with E-state index in [-0.39, 0.29) is 0 Å². The fourth-order valence-electron chi connectivity index (χ4n) is 1.50. The van der Waals surface area contributed by atoms with Crippen LogP contribution in [0, 0.1) is 5.41 Å². The number of rotatable bonds is 5. The van der Waals surface area contributed by atoms with E-state index >= 15 is 0 Å². The van der Waals surface area contributed by atoms with Gasteiger partial charge in [-0.3, -0.25) is 0 Å². The highest BCUT2D eigenvalue weighted by Crippen LogP contribution is 2.19. The molecule has 0 saturated heterocycles. The van der Waals surface area contributed by atoms with Crippen LogP contribution < -0.4 is 10.6 Å². The first-order chi connectivity index (χ1) is 8.80. The van der Waals surface area contributed by atoms with E-state index in [0.29, 0.717) is 13.0 Å². The van der Waals surface area contributed by atoms with Gasteiger partial charge in [0.1, 0.15) is 6.04 Å². The molecule has 1 atom stereocenters. The Balaban J connectivity index is 2.39. The minimum atomic E-state index is -1.04. The van der Waals surface area contributed by atoms with Crippen LogP contribution in [-0.4, -0.2) is 34.7 Å². The lowest BCUT2D eigenvalue weighted by Gasteiger charge is -2.27. The molecule has 0 saturated carbocycles. The van der Waals surface area contributed by atoms with Gasteiger partial charge in [-0.15, -0.1) is 11.3 Å². The van der Waals surface area contributed by atoms with Crippen molar-refractivity contribution < 1.29 is 14.7 Å². The van der Waals surface area contributed by atoms with E-state index in [1.165, 1.54) is 11.3 Å². The number of hydrogen-bond acceptors (Lipinski definition) is 4. The molecule has 0 spiro atoms. The fourth-order valence-corrected chi connectivity index (χ4v) is 2.09. The van der Waals surface area contributed by atoms with Crippen LogP contribution in [0.2, 0.25) is 0 Å². The molecule has 0 unspecified atom stereocenters. The first kappa shape index (κ1) is 15.4. The van der Waals surface area contributed by atoms with Crippen LogP contribution in [0.1, 0.15) is 26.5 Å². The van der Waals surface area contributed by atoms with Crippen LogP contribution in [0.15, 0.2) is 10.9 Å². The van der Waals surface area contributed by atoms with E-state index < -0.39 is 23.5 Å². The maximum atomic E-state index is 11.6. The van der Waals surface area contributed by atoms with Crippen LogP contribution in [-0.2, 0) is 11.2 Å². The summed E-state index contributed by atoms with van der Waals surface area (Å²) in [5, 5.41) is 16.1. The zero-order valence-corrected chi connectivity index (χ0v) is 12.1. The second-order valence-electron chi connectivity index (χ2n) is 5.27. The van der Waals surface area contributed by atoms with Gasteiger partial charge in [0, 0.05) is 18.3 Å². The van der Waals surface area contributed by atoms with Gasteiger partial charge >= 0.3 is 12.0 Å². The topological polar surface area (TPSA) is 91.3 Å². The average Bonchev–Trinajstić information content (AvgIpc) is 2.77. The molecule has 0 fully saturated rings. The minimum absolute atomic E-state index is 0.423. The van der Waals surface area contributed by atoms with Crippen molar-refractivity contribution in [3.8, 4) is 0 Å². The third kappa shape index (κ3) is 5.25.